The molecule has 0 aliphatic carbocycles. The Balaban J connectivity index is 2.01. The van der Waals surface area contributed by atoms with Gasteiger partial charge in [0.15, 0.2) is 5.11 Å². The molecule has 102 valence electrons. The van der Waals surface area contributed by atoms with Crippen molar-refractivity contribution < 1.29 is 9.18 Å². The summed E-state index contributed by atoms with van der Waals surface area (Å²) in [6.45, 7) is 0. The van der Waals surface area contributed by atoms with E-state index in [-0.39, 0.29) is 16.7 Å². The topological polar surface area (TPSA) is 41.1 Å². The van der Waals surface area contributed by atoms with Crippen LogP contribution in [0.5, 0.6) is 0 Å². The normalized spacial score (nSPS) is 9.90. The third-order valence-electron chi connectivity index (χ3n) is 2.44. The summed E-state index contributed by atoms with van der Waals surface area (Å²) in [7, 11) is 0. The Morgan fingerprint density at radius 3 is 2.50 bits per heavy atom. The van der Waals surface area contributed by atoms with Gasteiger partial charge in [-0.25, -0.2) is 4.39 Å². The summed E-state index contributed by atoms with van der Waals surface area (Å²) in [6.07, 6.45) is 0. The van der Waals surface area contributed by atoms with E-state index < -0.39 is 5.82 Å². The Kier molecular flexibility index (Phi) is 4.81. The maximum Gasteiger partial charge on any atom is 0.257 e. The Morgan fingerprint density at radius 2 is 1.85 bits per heavy atom. The van der Waals surface area contributed by atoms with Crippen molar-refractivity contribution in [3.8, 4) is 0 Å². The zero-order chi connectivity index (χ0) is 14.5. The molecule has 0 atom stereocenters. The fraction of sp³-hybridized carbons (Fsp3) is 0. The maximum absolute atomic E-state index is 13.6. The van der Waals surface area contributed by atoms with Crippen LogP contribution in [0.25, 0.3) is 0 Å². The van der Waals surface area contributed by atoms with Crippen molar-refractivity contribution in [2.24, 2.45) is 0 Å². The van der Waals surface area contributed by atoms with E-state index in [1.807, 2.05) is 6.07 Å². The van der Waals surface area contributed by atoms with E-state index in [9.17, 15) is 9.18 Å². The molecule has 6 heteroatoms. The van der Waals surface area contributed by atoms with Crippen LogP contribution in [0.3, 0.4) is 0 Å². The van der Waals surface area contributed by atoms with E-state index >= 15 is 0 Å². The van der Waals surface area contributed by atoms with Gasteiger partial charge in [0.05, 0.1) is 5.69 Å². The number of anilines is 1. The lowest BCUT2D eigenvalue weighted by molar-refractivity contribution is 0.0977. The van der Waals surface area contributed by atoms with Crippen LogP contribution in [0, 0.1) is 5.82 Å². The van der Waals surface area contributed by atoms with Crippen LogP contribution < -0.4 is 10.6 Å². The van der Waals surface area contributed by atoms with Gasteiger partial charge in [-0.3, -0.25) is 10.1 Å². The van der Waals surface area contributed by atoms with Crippen LogP contribution in [-0.4, -0.2) is 11.0 Å². The van der Waals surface area contributed by atoms with Crippen molar-refractivity contribution in [1.29, 1.82) is 0 Å². The Hall–Kier alpha value is -1.79. The number of nitrogens with one attached hydrogen (secondary N) is 2. The van der Waals surface area contributed by atoms with E-state index in [4.69, 9.17) is 12.2 Å². The minimum atomic E-state index is -0.462. The van der Waals surface area contributed by atoms with Crippen LogP contribution in [0.2, 0.25) is 0 Å². The summed E-state index contributed by atoms with van der Waals surface area (Å²) in [5.74, 6) is -0.809. The molecule has 0 aliphatic rings. The van der Waals surface area contributed by atoms with Crippen LogP contribution in [0.4, 0.5) is 10.1 Å². The van der Waals surface area contributed by atoms with Crippen LogP contribution in [0.1, 0.15) is 10.4 Å². The lowest BCUT2D eigenvalue weighted by atomic mass is 10.2. The van der Waals surface area contributed by atoms with Crippen molar-refractivity contribution in [3.05, 3.63) is 64.4 Å². The predicted molar refractivity (Wildman–Crippen MR) is 84.2 cm³/mol. The maximum atomic E-state index is 13.6. The third kappa shape index (κ3) is 3.85. The lowest BCUT2D eigenvalue weighted by Gasteiger charge is -2.10. The van der Waals surface area contributed by atoms with E-state index in [1.165, 1.54) is 12.1 Å². The molecule has 1 amide bonds. The fourth-order valence-electron chi connectivity index (χ4n) is 1.51. The minimum Gasteiger partial charge on any atom is -0.330 e. The van der Waals surface area contributed by atoms with Gasteiger partial charge in [0.1, 0.15) is 5.82 Å². The zero-order valence-corrected chi connectivity index (χ0v) is 12.6. The number of carbonyl (C=O) groups excluding carboxylic acids is 1. The number of carbonyl (C=O) groups is 1. The summed E-state index contributed by atoms with van der Waals surface area (Å²) in [5.41, 5.74) is 0.680. The largest absolute Gasteiger partial charge is 0.330 e. The molecule has 0 radical (unpaired) electrons. The molecule has 0 aliphatic heterocycles. The molecule has 0 unspecified atom stereocenters. The molecule has 0 bridgehead atoms. The molecular weight excluding hydrogens is 343 g/mol. The monoisotopic (exact) mass is 352 g/mol. The summed E-state index contributed by atoms with van der Waals surface area (Å²) in [5, 5.41) is 5.17. The second kappa shape index (κ2) is 6.58. The highest BCUT2D eigenvalue weighted by Gasteiger charge is 2.09. The molecule has 20 heavy (non-hydrogen) atoms. The van der Waals surface area contributed by atoms with Gasteiger partial charge >= 0.3 is 0 Å². The smallest absolute Gasteiger partial charge is 0.257 e. The first kappa shape index (κ1) is 14.6. The van der Waals surface area contributed by atoms with E-state index in [2.05, 4.69) is 26.6 Å². The molecule has 2 rings (SSSR count). The van der Waals surface area contributed by atoms with Crippen molar-refractivity contribution in [3.63, 3.8) is 0 Å². The van der Waals surface area contributed by atoms with E-state index in [1.54, 1.807) is 30.3 Å². The summed E-state index contributed by atoms with van der Waals surface area (Å²) < 4.78 is 14.2. The number of halogens is 2. The average Bonchev–Trinajstić information content (AvgIpc) is 2.43. The summed E-state index contributed by atoms with van der Waals surface area (Å²) in [4.78, 5) is 11.8. The highest BCUT2D eigenvalue weighted by atomic mass is 79.9. The second-order valence-electron chi connectivity index (χ2n) is 3.90. The fourth-order valence-corrected chi connectivity index (χ4v) is 2.05. The first-order valence-corrected chi connectivity index (χ1v) is 6.89. The third-order valence-corrected chi connectivity index (χ3v) is 3.14. The van der Waals surface area contributed by atoms with E-state index in [0.29, 0.717) is 10.0 Å². The Bertz CT molecular complexity index is 649. The van der Waals surface area contributed by atoms with E-state index in [0.717, 1.165) is 0 Å². The second-order valence-corrected chi connectivity index (χ2v) is 5.22. The van der Waals surface area contributed by atoms with Crippen LogP contribution in [-0.2, 0) is 0 Å². The molecule has 0 saturated carbocycles. The van der Waals surface area contributed by atoms with Gasteiger partial charge in [-0.15, -0.1) is 0 Å². The van der Waals surface area contributed by atoms with Gasteiger partial charge in [-0.05, 0) is 42.5 Å². The molecular formula is C14H10BrFN2OS. The Morgan fingerprint density at radius 1 is 1.15 bits per heavy atom. The molecule has 0 aromatic heterocycles. The van der Waals surface area contributed by atoms with Gasteiger partial charge < -0.3 is 5.32 Å². The first-order valence-electron chi connectivity index (χ1n) is 5.68. The van der Waals surface area contributed by atoms with Crippen molar-refractivity contribution in [2.75, 3.05) is 5.32 Å². The molecule has 0 spiro atoms. The Labute approximate surface area is 129 Å². The van der Waals surface area contributed by atoms with Gasteiger partial charge in [-0.1, -0.05) is 34.1 Å². The summed E-state index contributed by atoms with van der Waals surface area (Å²) >= 11 is 8.15. The van der Waals surface area contributed by atoms with Gasteiger partial charge in [0.25, 0.3) is 5.91 Å². The van der Waals surface area contributed by atoms with Gasteiger partial charge in [0, 0.05) is 10.0 Å². The number of amides is 1. The number of hydrogen-bond acceptors (Lipinski definition) is 2. The minimum absolute atomic E-state index is 0.0417. The number of benzene rings is 2. The highest BCUT2D eigenvalue weighted by Crippen LogP contribution is 2.19. The number of thiocarbonyl (C=S) groups is 1. The van der Waals surface area contributed by atoms with Crippen molar-refractivity contribution in [1.82, 2.24) is 5.32 Å². The van der Waals surface area contributed by atoms with Gasteiger partial charge in [-0.2, -0.15) is 0 Å². The number of hydrogen-bond donors (Lipinski definition) is 2. The molecule has 2 aromatic rings. The van der Waals surface area contributed by atoms with Crippen molar-refractivity contribution >= 4 is 44.9 Å². The van der Waals surface area contributed by atoms with Gasteiger partial charge in [0.2, 0.25) is 0 Å². The zero-order valence-electron chi connectivity index (χ0n) is 10.2. The average molecular weight is 353 g/mol. The first-order chi connectivity index (χ1) is 9.56. The van der Waals surface area contributed by atoms with Crippen LogP contribution in [0.15, 0.2) is 53.0 Å². The molecule has 3 nitrogen and oxygen atoms in total. The molecule has 2 N–H and O–H groups in total. The predicted octanol–water partition coefficient (Wildman–Crippen LogP) is 3.72. The molecule has 0 fully saturated rings. The molecule has 2 aromatic carbocycles. The van der Waals surface area contributed by atoms with Crippen molar-refractivity contribution in [2.45, 2.75) is 0 Å². The lowest BCUT2D eigenvalue weighted by Crippen LogP contribution is -2.34. The summed E-state index contributed by atoms with van der Waals surface area (Å²) in [6, 6.07) is 13.2. The number of rotatable bonds is 2. The van der Waals surface area contributed by atoms with Crippen LogP contribution >= 0.6 is 28.1 Å². The SMILES string of the molecule is O=C(NC(=S)Nc1ccc(Br)cc1F)c1ccccc1. The molecule has 0 saturated heterocycles. The highest BCUT2D eigenvalue weighted by molar-refractivity contribution is 9.10. The quantitative estimate of drug-likeness (QED) is 0.809. The standard InChI is InChI=1S/C14H10BrFN2OS/c15-10-6-7-12(11(16)8-10)17-14(20)18-13(19)9-4-2-1-3-5-9/h1-8H,(H2,17,18,19,20). The molecule has 0 heterocycles.